The third-order valence-corrected chi connectivity index (χ3v) is 5.47. The molecule has 1 aromatic carbocycles. The zero-order valence-corrected chi connectivity index (χ0v) is 14.8. The van der Waals surface area contributed by atoms with E-state index in [9.17, 15) is 18.4 Å². The van der Waals surface area contributed by atoms with Crippen molar-refractivity contribution in [2.75, 3.05) is 0 Å². The molecule has 0 saturated carbocycles. The first-order chi connectivity index (χ1) is 13.0. The summed E-state index contributed by atoms with van der Waals surface area (Å²) in [5, 5.41) is 0.609. The van der Waals surface area contributed by atoms with Crippen molar-refractivity contribution in [2.45, 2.75) is 32.5 Å². The van der Waals surface area contributed by atoms with Crippen molar-refractivity contribution in [3.05, 3.63) is 56.4 Å². The fourth-order valence-electron chi connectivity index (χ4n) is 3.16. The van der Waals surface area contributed by atoms with Crippen LogP contribution in [-0.2, 0) is 24.2 Å². The van der Waals surface area contributed by atoms with Crippen LogP contribution in [0, 0.1) is 0 Å². The number of ether oxygens (including phenoxy) is 2. The Morgan fingerprint density at radius 3 is 2.93 bits per heavy atom. The molecule has 2 aromatic heterocycles. The number of nitrogens with one attached hydrogen (secondary N) is 1. The highest BCUT2D eigenvalue weighted by molar-refractivity contribution is 7.18. The van der Waals surface area contributed by atoms with E-state index < -0.39 is 12.6 Å². The van der Waals surface area contributed by atoms with E-state index in [4.69, 9.17) is 4.74 Å². The molecule has 9 heteroatoms. The minimum atomic E-state index is -3.06. The second kappa shape index (κ2) is 7.07. The smallest absolute Gasteiger partial charge is 0.387 e. The molecule has 3 aromatic rings. The highest BCUT2D eigenvalue weighted by Crippen LogP contribution is 2.34. The van der Waals surface area contributed by atoms with Crippen LogP contribution >= 0.6 is 11.3 Å². The van der Waals surface area contributed by atoms with Crippen LogP contribution in [0.25, 0.3) is 10.2 Å². The van der Waals surface area contributed by atoms with Crippen molar-refractivity contribution >= 4 is 27.5 Å². The van der Waals surface area contributed by atoms with Crippen LogP contribution in [0.5, 0.6) is 5.75 Å². The van der Waals surface area contributed by atoms with Crippen LogP contribution in [0.15, 0.2) is 29.1 Å². The number of alkyl halides is 2. The molecule has 0 unspecified atom stereocenters. The van der Waals surface area contributed by atoms with Gasteiger partial charge in [0.2, 0.25) is 0 Å². The van der Waals surface area contributed by atoms with Gasteiger partial charge in [0.05, 0.1) is 5.39 Å². The third kappa shape index (κ3) is 3.42. The van der Waals surface area contributed by atoms with Gasteiger partial charge in [0.1, 0.15) is 28.6 Å². The summed E-state index contributed by atoms with van der Waals surface area (Å²) in [6.07, 6.45) is 2.85. The SMILES string of the molecule is O=C(OCc1nc2sc3c(c2c(=O)[nH]1)CCC3)c1ccccc1OC(F)F. The summed E-state index contributed by atoms with van der Waals surface area (Å²) in [7, 11) is 0. The fourth-order valence-corrected chi connectivity index (χ4v) is 4.44. The van der Waals surface area contributed by atoms with Gasteiger partial charge in [-0.1, -0.05) is 12.1 Å². The van der Waals surface area contributed by atoms with E-state index in [0.717, 1.165) is 24.8 Å². The van der Waals surface area contributed by atoms with E-state index in [1.807, 2.05) is 0 Å². The Balaban J connectivity index is 1.54. The summed E-state index contributed by atoms with van der Waals surface area (Å²) >= 11 is 1.48. The Kier molecular flexibility index (Phi) is 4.61. The fraction of sp³-hybridized carbons (Fsp3) is 0.278. The van der Waals surface area contributed by atoms with Crippen molar-refractivity contribution in [3.8, 4) is 5.75 Å². The van der Waals surface area contributed by atoms with E-state index in [1.165, 1.54) is 40.5 Å². The van der Waals surface area contributed by atoms with E-state index in [2.05, 4.69) is 14.7 Å². The van der Waals surface area contributed by atoms with Gasteiger partial charge >= 0.3 is 12.6 Å². The van der Waals surface area contributed by atoms with E-state index in [0.29, 0.717) is 10.2 Å². The minimum absolute atomic E-state index is 0.128. The summed E-state index contributed by atoms with van der Waals surface area (Å²) in [6, 6.07) is 5.55. The van der Waals surface area contributed by atoms with Crippen molar-refractivity contribution in [1.29, 1.82) is 0 Å². The van der Waals surface area contributed by atoms with E-state index in [-0.39, 0.29) is 29.3 Å². The van der Waals surface area contributed by atoms with Gasteiger partial charge in [-0.3, -0.25) is 4.79 Å². The predicted molar refractivity (Wildman–Crippen MR) is 94.5 cm³/mol. The van der Waals surface area contributed by atoms with Crippen molar-refractivity contribution < 1.29 is 23.0 Å². The van der Waals surface area contributed by atoms with Crippen LogP contribution < -0.4 is 10.3 Å². The van der Waals surface area contributed by atoms with Crippen LogP contribution in [0.3, 0.4) is 0 Å². The summed E-state index contributed by atoms with van der Waals surface area (Å²) < 4.78 is 34.4. The molecular formula is C18H14F2N2O4S. The molecule has 0 spiro atoms. The number of aromatic nitrogens is 2. The Hall–Kier alpha value is -2.81. The number of rotatable bonds is 5. The maximum absolute atomic E-state index is 12.5. The molecule has 4 rings (SSSR count). The number of hydrogen-bond acceptors (Lipinski definition) is 6. The van der Waals surface area contributed by atoms with Crippen LogP contribution in [0.4, 0.5) is 8.78 Å². The first-order valence-corrected chi connectivity index (χ1v) is 9.09. The molecule has 1 aliphatic carbocycles. The molecule has 1 aliphatic rings. The van der Waals surface area contributed by atoms with Gasteiger partial charge in [0.15, 0.2) is 0 Å². The molecule has 0 atom stereocenters. The van der Waals surface area contributed by atoms with Gasteiger partial charge in [-0.2, -0.15) is 8.78 Å². The molecule has 0 aliphatic heterocycles. The molecule has 2 heterocycles. The van der Waals surface area contributed by atoms with Crippen molar-refractivity contribution in [2.24, 2.45) is 0 Å². The average Bonchev–Trinajstić information content (AvgIpc) is 3.20. The maximum Gasteiger partial charge on any atom is 0.387 e. The lowest BCUT2D eigenvalue weighted by Gasteiger charge is -2.10. The molecule has 0 saturated heterocycles. The van der Waals surface area contributed by atoms with Gasteiger partial charge in [0, 0.05) is 4.88 Å². The molecule has 0 radical (unpaired) electrons. The maximum atomic E-state index is 12.5. The number of esters is 1. The second-order valence-electron chi connectivity index (χ2n) is 6.00. The Bertz CT molecular complexity index is 1080. The monoisotopic (exact) mass is 392 g/mol. The van der Waals surface area contributed by atoms with Crippen LogP contribution in [-0.4, -0.2) is 22.5 Å². The van der Waals surface area contributed by atoms with Gasteiger partial charge in [-0.15, -0.1) is 11.3 Å². The number of thiophene rings is 1. The second-order valence-corrected chi connectivity index (χ2v) is 7.08. The third-order valence-electron chi connectivity index (χ3n) is 4.29. The summed E-state index contributed by atoms with van der Waals surface area (Å²) in [5.74, 6) is -0.917. The molecular weight excluding hydrogens is 378 g/mol. The van der Waals surface area contributed by atoms with E-state index in [1.54, 1.807) is 0 Å². The highest BCUT2D eigenvalue weighted by atomic mass is 32.1. The molecule has 1 N–H and O–H groups in total. The average molecular weight is 392 g/mol. The number of carbonyl (C=O) groups is 1. The van der Waals surface area contributed by atoms with Gasteiger partial charge in [0.25, 0.3) is 5.56 Å². The lowest BCUT2D eigenvalue weighted by molar-refractivity contribution is -0.0505. The van der Waals surface area contributed by atoms with Crippen LogP contribution in [0.1, 0.15) is 33.0 Å². The van der Waals surface area contributed by atoms with Gasteiger partial charge < -0.3 is 14.5 Å². The first-order valence-electron chi connectivity index (χ1n) is 8.27. The standard InChI is InChI=1S/C18H14F2N2O4S/c19-18(20)26-11-6-2-1-4-9(11)17(24)25-8-13-21-15(23)14-10-5-3-7-12(10)27-16(14)22-13/h1-2,4,6,18H,3,5,7-8H2,(H,21,22,23). The van der Waals surface area contributed by atoms with E-state index >= 15 is 0 Å². The number of halogens is 2. The largest absolute Gasteiger partial charge is 0.454 e. The Labute approximate surface area is 155 Å². The lowest BCUT2D eigenvalue weighted by atomic mass is 10.2. The van der Waals surface area contributed by atoms with Crippen molar-refractivity contribution in [1.82, 2.24) is 9.97 Å². The number of carbonyl (C=O) groups excluding carboxylic acids is 1. The summed E-state index contributed by atoms with van der Waals surface area (Å²) in [6.45, 7) is -3.34. The number of nitrogens with zero attached hydrogens (tertiary/aromatic N) is 1. The lowest BCUT2D eigenvalue weighted by Crippen LogP contribution is -2.15. The normalized spacial score (nSPS) is 13.1. The van der Waals surface area contributed by atoms with Crippen LogP contribution in [0.2, 0.25) is 0 Å². The number of H-pyrrole nitrogens is 1. The number of fused-ring (bicyclic) bond motifs is 3. The van der Waals surface area contributed by atoms with Gasteiger partial charge in [-0.05, 0) is 37.0 Å². The predicted octanol–water partition coefficient (Wildman–Crippen LogP) is 3.43. The number of aryl methyl sites for hydroxylation is 2. The molecule has 140 valence electrons. The number of benzene rings is 1. The number of aromatic amines is 1. The molecule has 0 fully saturated rings. The Morgan fingerprint density at radius 1 is 1.30 bits per heavy atom. The summed E-state index contributed by atoms with van der Waals surface area (Å²) in [4.78, 5) is 33.4. The molecule has 0 amide bonds. The number of para-hydroxylation sites is 1. The molecule has 6 nitrogen and oxygen atoms in total. The van der Waals surface area contributed by atoms with Crippen molar-refractivity contribution in [3.63, 3.8) is 0 Å². The topological polar surface area (TPSA) is 81.3 Å². The first kappa shape index (κ1) is 17.6. The molecule has 27 heavy (non-hydrogen) atoms. The zero-order chi connectivity index (χ0) is 19.0. The highest BCUT2D eigenvalue weighted by Gasteiger charge is 2.22. The zero-order valence-electron chi connectivity index (χ0n) is 14.0. The van der Waals surface area contributed by atoms with Gasteiger partial charge in [-0.25, -0.2) is 9.78 Å². The Morgan fingerprint density at radius 2 is 2.11 bits per heavy atom. The minimum Gasteiger partial charge on any atom is -0.454 e. The quantitative estimate of drug-likeness (QED) is 0.673. The summed E-state index contributed by atoms with van der Waals surface area (Å²) in [5.41, 5.74) is 0.675. The number of hydrogen-bond donors (Lipinski definition) is 1. The molecule has 0 bridgehead atoms.